The second kappa shape index (κ2) is 17.4. The minimum absolute atomic E-state index is 0.00992. The summed E-state index contributed by atoms with van der Waals surface area (Å²) in [4.78, 5) is 37.2. The molecule has 10 heteroatoms. The van der Waals surface area contributed by atoms with Crippen LogP contribution in [0.5, 0.6) is 11.5 Å². The molecule has 3 N–H and O–H groups in total. The molecule has 2 aromatic carbocycles. The van der Waals surface area contributed by atoms with E-state index in [2.05, 4.69) is 16.8 Å². The number of piperazine rings is 1. The number of carbonyl (C=O) groups excluding carboxylic acids is 1. The maximum atomic E-state index is 13.2. The van der Waals surface area contributed by atoms with Crippen molar-refractivity contribution < 1.29 is 34.1 Å². The van der Waals surface area contributed by atoms with Gasteiger partial charge in [-0.15, -0.1) is 0 Å². The lowest BCUT2D eigenvalue weighted by Gasteiger charge is -2.27. The van der Waals surface area contributed by atoms with Gasteiger partial charge in [0.2, 0.25) is 0 Å². The molecule has 1 saturated heterocycles. The molecular formula is C34H42N2O7S. The number of ether oxygens (including phenoxy) is 2. The molecule has 0 aliphatic carbocycles. The van der Waals surface area contributed by atoms with Crippen molar-refractivity contribution in [2.24, 2.45) is 0 Å². The third-order valence-electron chi connectivity index (χ3n) is 7.63. The van der Waals surface area contributed by atoms with E-state index in [1.807, 2.05) is 46.7 Å². The Morgan fingerprint density at radius 1 is 0.818 bits per heavy atom. The van der Waals surface area contributed by atoms with Gasteiger partial charge in [0.05, 0.1) is 13.2 Å². The number of amides is 1. The van der Waals surface area contributed by atoms with E-state index in [0.717, 1.165) is 67.4 Å². The smallest absolute Gasteiger partial charge is 0.303 e. The third kappa shape index (κ3) is 10.4. The number of nitrogens with zero attached hydrogens (tertiary/aromatic N) is 1. The highest BCUT2D eigenvalue weighted by Gasteiger charge is 2.20. The van der Waals surface area contributed by atoms with Crippen LogP contribution in [0.15, 0.2) is 53.2 Å². The molecule has 9 nitrogen and oxygen atoms in total. The van der Waals surface area contributed by atoms with Crippen LogP contribution < -0.4 is 14.8 Å². The Balaban J connectivity index is 1.28. The van der Waals surface area contributed by atoms with Crippen molar-refractivity contribution in [3.63, 3.8) is 0 Å². The average Bonchev–Trinajstić information content (AvgIpc) is 3.57. The van der Waals surface area contributed by atoms with E-state index < -0.39 is 11.9 Å². The number of aryl methyl sites for hydroxylation is 1. The zero-order chi connectivity index (χ0) is 31.1. The van der Waals surface area contributed by atoms with Gasteiger partial charge in [-0.1, -0.05) is 25.0 Å². The molecule has 1 aliphatic rings. The number of hydrogen-bond donors (Lipinski definition) is 3. The molecule has 2 heterocycles. The van der Waals surface area contributed by atoms with E-state index in [1.165, 1.54) is 0 Å². The van der Waals surface area contributed by atoms with Crippen molar-refractivity contribution >= 4 is 29.2 Å². The highest BCUT2D eigenvalue weighted by molar-refractivity contribution is 7.08. The van der Waals surface area contributed by atoms with Gasteiger partial charge in [-0.2, -0.15) is 11.3 Å². The molecule has 0 radical (unpaired) electrons. The highest BCUT2D eigenvalue weighted by atomic mass is 32.1. The van der Waals surface area contributed by atoms with Crippen molar-refractivity contribution in [3.8, 4) is 22.6 Å². The molecule has 0 atom stereocenters. The van der Waals surface area contributed by atoms with E-state index in [0.29, 0.717) is 49.6 Å². The number of carboxylic acid groups (broad SMARTS) is 2. The lowest BCUT2D eigenvalue weighted by atomic mass is 9.97. The number of rotatable bonds is 18. The van der Waals surface area contributed by atoms with Crippen LogP contribution in [-0.2, 0) is 22.4 Å². The summed E-state index contributed by atoms with van der Waals surface area (Å²) in [5.74, 6) is -0.350. The number of thiophene rings is 1. The molecule has 0 spiro atoms. The molecule has 1 aliphatic heterocycles. The first-order valence-electron chi connectivity index (χ1n) is 15.4. The molecule has 0 unspecified atom stereocenters. The van der Waals surface area contributed by atoms with Crippen LogP contribution in [0.4, 0.5) is 0 Å². The SMILES string of the molecule is O=C(O)CCCOc1cccc(CCCCCCOc2cc(C(=O)N3CCNCC3)cc(-c3ccsc3)c2)c1CCC(=O)O. The van der Waals surface area contributed by atoms with Gasteiger partial charge in [0.1, 0.15) is 11.5 Å². The van der Waals surface area contributed by atoms with Crippen LogP contribution in [0.2, 0.25) is 0 Å². The quantitative estimate of drug-likeness (QED) is 0.150. The maximum absolute atomic E-state index is 13.2. The summed E-state index contributed by atoms with van der Waals surface area (Å²) in [5.41, 5.74) is 4.68. The first-order chi connectivity index (χ1) is 21.4. The van der Waals surface area contributed by atoms with Crippen LogP contribution in [0.3, 0.4) is 0 Å². The van der Waals surface area contributed by atoms with Gasteiger partial charge in [-0.25, -0.2) is 0 Å². The lowest BCUT2D eigenvalue weighted by molar-refractivity contribution is -0.138. The van der Waals surface area contributed by atoms with Gasteiger partial charge in [-0.05, 0) is 95.4 Å². The number of carbonyl (C=O) groups is 3. The molecule has 1 amide bonds. The van der Waals surface area contributed by atoms with Gasteiger partial charge in [0, 0.05) is 44.6 Å². The molecule has 1 fully saturated rings. The standard InChI is InChI=1S/C34H42N2O7S/c37-32(38)10-6-19-43-31-9-5-8-25(30(31)11-12-33(39)40)7-3-1-2-4-18-42-29-22-27(26-13-20-44-24-26)21-28(23-29)34(41)36-16-14-35-15-17-36/h5,8-9,13,20-24,35H,1-4,6-7,10-12,14-19H2,(H,37,38)(H,39,40). The topological polar surface area (TPSA) is 125 Å². The number of nitrogens with one attached hydrogen (secondary N) is 1. The Bertz CT molecular complexity index is 1370. The summed E-state index contributed by atoms with van der Waals surface area (Å²) < 4.78 is 12.0. The highest BCUT2D eigenvalue weighted by Crippen LogP contribution is 2.29. The Kier molecular flexibility index (Phi) is 13.1. The van der Waals surface area contributed by atoms with Crippen molar-refractivity contribution in [1.29, 1.82) is 0 Å². The fourth-order valence-electron chi connectivity index (χ4n) is 5.31. The summed E-state index contributed by atoms with van der Waals surface area (Å²) in [7, 11) is 0. The zero-order valence-electron chi connectivity index (χ0n) is 25.1. The van der Waals surface area contributed by atoms with Crippen LogP contribution in [0.1, 0.15) is 66.4 Å². The van der Waals surface area contributed by atoms with E-state index >= 15 is 0 Å². The first kappa shape index (κ1) is 33.0. The van der Waals surface area contributed by atoms with Crippen molar-refractivity contribution in [3.05, 3.63) is 69.9 Å². The minimum Gasteiger partial charge on any atom is -0.494 e. The number of unbranched alkanes of at least 4 members (excludes halogenated alkanes) is 3. The summed E-state index contributed by atoms with van der Waals surface area (Å²) in [5, 5.41) is 25.5. The first-order valence-corrected chi connectivity index (χ1v) is 16.3. The number of aliphatic carboxylic acids is 2. The fraction of sp³-hybridized carbons (Fsp3) is 0.441. The molecule has 0 saturated carbocycles. The Morgan fingerprint density at radius 3 is 2.34 bits per heavy atom. The largest absolute Gasteiger partial charge is 0.494 e. The van der Waals surface area contributed by atoms with E-state index in [1.54, 1.807) is 11.3 Å². The Hall–Kier alpha value is -3.89. The molecule has 236 valence electrons. The second-order valence-electron chi connectivity index (χ2n) is 10.9. The maximum Gasteiger partial charge on any atom is 0.303 e. The Morgan fingerprint density at radius 2 is 1.59 bits per heavy atom. The lowest BCUT2D eigenvalue weighted by Crippen LogP contribution is -2.46. The van der Waals surface area contributed by atoms with Gasteiger partial charge >= 0.3 is 11.9 Å². The summed E-state index contributed by atoms with van der Waals surface area (Å²) in [6.45, 7) is 3.83. The molecular weight excluding hydrogens is 580 g/mol. The van der Waals surface area contributed by atoms with Crippen LogP contribution in [0.25, 0.3) is 11.1 Å². The van der Waals surface area contributed by atoms with Crippen LogP contribution in [0, 0.1) is 0 Å². The average molecular weight is 623 g/mol. The van der Waals surface area contributed by atoms with E-state index in [9.17, 15) is 19.5 Å². The predicted octanol–water partition coefficient (Wildman–Crippen LogP) is 5.90. The van der Waals surface area contributed by atoms with Gasteiger partial charge < -0.3 is 29.9 Å². The summed E-state index contributed by atoms with van der Waals surface area (Å²) in [6, 6.07) is 13.6. The van der Waals surface area contributed by atoms with Gasteiger partial charge in [0.25, 0.3) is 5.91 Å². The van der Waals surface area contributed by atoms with Crippen molar-refractivity contribution in [2.75, 3.05) is 39.4 Å². The van der Waals surface area contributed by atoms with Crippen molar-refractivity contribution in [2.45, 2.75) is 57.8 Å². The van der Waals surface area contributed by atoms with Crippen LogP contribution >= 0.6 is 11.3 Å². The molecule has 0 bridgehead atoms. The van der Waals surface area contributed by atoms with Crippen LogP contribution in [-0.4, -0.2) is 72.4 Å². The molecule has 4 rings (SSSR count). The summed E-state index contributed by atoms with van der Waals surface area (Å²) >= 11 is 1.62. The zero-order valence-corrected chi connectivity index (χ0v) is 25.9. The van der Waals surface area contributed by atoms with Crippen molar-refractivity contribution in [1.82, 2.24) is 10.2 Å². The minimum atomic E-state index is -0.864. The molecule has 1 aromatic heterocycles. The molecule has 44 heavy (non-hydrogen) atoms. The van der Waals surface area contributed by atoms with E-state index in [-0.39, 0.29) is 25.4 Å². The molecule has 3 aromatic rings. The van der Waals surface area contributed by atoms with Gasteiger partial charge in [0.15, 0.2) is 0 Å². The third-order valence-corrected chi connectivity index (χ3v) is 8.32. The van der Waals surface area contributed by atoms with Gasteiger partial charge in [-0.3, -0.25) is 14.4 Å². The number of hydrogen-bond acceptors (Lipinski definition) is 7. The Labute approximate surface area is 262 Å². The van der Waals surface area contributed by atoms with E-state index in [4.69, 9.17) is 14.6 Å². The normalized spacial score (nSPS) is 13.0. The number of benzene rings is 2. The second-order valence-corrected chi connectivity index (χ2v) is 11.7. The number of carboxylic acids is 2. The predicted molar refractivity (Wildman–Crippen MR) is 171 cm³/mol. The monoisotopic (exact) mass is 622 g/mol. The fourth-order valence-corrected chi connectivity index (χ4v) is 5.98. The summed E-state index contributed by atoms with van der Waals surface area (Å²) in [6.07, 6.45) is 5.41.